The third kappa shape index (κ3) is 13.9. The van der Waals surface area contributed by atoms with Crippen molar-refractivity contribution in [2.45, 2.75) is 170 Å². The molecule has 0 atom stereocenters. The van der Waals surface area contributed by atoms with Crippen LogP contribution in [0.5, 0.6) is 0 Å². The second-order valence-electron chi connectivity index (χ2n) is 14.1. The van der Waals surface area contributed by atoms with Crippen LogP contribution in [-0.4, -0.2) is 11.4 Å². The summed E-state index contributed by atoms with van der Waals surface area (Å²) < 4.78 is 0. The number of aliphatic imine (C=N–C) groups is 2. The molecule has 3 aromatic carbocycles. The molecule has 48 heavy (non-hydrogen) atoms. The molecule has 0 N–H and O–H groups in total. The van der Waals surface area contributed by atoms with Gasteiger partial charge in [0.15, 0.2) is 0 Å². The van der Waals surface area contributed by atoms with Crippen molar-refractivity contribution in [3.8, 4) is 11.1 Å². The van der Waals surface area contributed by atoms with E-state index in [1.165, 1.54) is 143 Å². The van der Waals surface area contributed by atoms with Crippen LogP contribution in [0.15, 0.2) is 70.6 Å². The van der Waals surface area contributed by atoms with Crippen LogP contribution in [0, 0.1) is 6.92 Å². The molecule has 3 rings (SSSR count). The molecule has 0 aromatic heterocycles. The molecule has 262 valence electrons. The lowest BCUT2D eigenvalue weighted by molar-refractivity contribution is 0.605. The van der Waals surface area contributed by atoms with Gasteiger partial charge in [-0.1, -0.05) is 148 Å². The molecule has 2 nitrogen and oxygen atoms in total. The molecule has 0 aliphatic carbocycles. The van der Waals surface area contributed by atoms with Crippen molar-refractivity contribution in [3.05, 3.63) is 82.9 Å². The summed E-state index contributed by atoms with van der Waals surface area (Å²) in [5.74, 6) is 0. The number of nitrogens with zero attached hydrogens (tertiary/aromatic N) is 2. The Bertz CT molecular complexity index is 1380. The largest absolute Gasteiger partial charge is 0.252 e. The third-order valence-corrected chi connectivity index (χ3v) is 9.99. The van der Waals surface area contributed by atoms with Gasteiger partial charge in [-0.15, -0.1) is 0 Å². The van der Waals surface area contributed by atoms with E-state index in [0.29, 0.717) is 0 Å². The van der Waals surface area contributed by atoms with Gasteiger partial charge in [0, 0.05) is 0 Å². The van der Waals surface area contributed by atoms with E-state index in [4.69, 9.17) is 9.98 Å². The fraction of sp³-hybridized carbons (Fsp3) is 0.565. The van der Waals surface area contributed by atoms with Gasteiger partial charge < -0.3 is 0 Å². The Labute approximate surface area is 296 Å². The number of rotatable bonds is 24. The first kappa shape index (κ1) is 39.4. The summed E-state index contributed by atoms with van der Waals surface area (Å²) in [5.41, 5.74) is 12.7. The van der Waals surface area contributed by atoms with Gasteiger partial charge in [0.2, 0.25) is 0 Å². The lowest BCUT2D eigenvalue weighted by Gasteiger charge is -2.15. The van der Waals surface area contributed by atoms with Crippen LogP contribution < -0.4 is 0 Å². The normalized spacial score (nSPS) is 12.2. The van der Waals surface area contributed by atoms with Gasteiger partial charge in [0.1, 0.15) is 0 Å². The summed E-state index contributed by atoms with van der Waals surface area (Å²) in [6.07, 6.45) is 25.5. The standard InChI is InChI=1S/C46H68N2/c1-7-11-14-17-19-23-27-39-32-33-43(35-42(39)31-22-16-13-9-3)48-46(10-4)38(6)47-44-34-41(30-24-20-18-15-12-8-2)37(5)45(36-44)40-28-25-21-26-29-40/h21,25-26,28-29,32-36H,7-20,22-24,27,30-31H2,1-6H3. The Kier molecular flexibility index (Phi) is 19.2. The van der Waals surface area contributed by atoms with Crippen LogP contribution in [0.1, 0.15) is 166 Å². The van der Waals surface area contributed by atoms with E-state index in [-0.39, 0.29) is 0 Å². The molecule has 0 unspecified atom stereocenters. The van der Waals surface area contributed by atoms with Crippen LogP contribution in [0.2, 0.25) is 0 Å². The highest BCUT2D eigenvalue weighted by Crippen LogP contribution is 2.32. The molecule has 0 spiro atoms. The highest BCUT2D eigenvalue weighted by Gasteiger charge is 2.12. The van der Waals surface area contributed by atoms with Gasteiger partial charge in [-0.3, -0.25) is 9.98 Å². The summed E-state index contributed by atoms with van der Waals surface area (Å²) >= 11 is 0. The fourth-order valence-corrected chi connectivity index (χ4v) is 6.92. The molecule has 0 heterocycles. The Hall–Kier alpha value is -3.00. The molecule has 3 aromatic rings. The van der Waals surface area contributed by atoms with E-state index in [2.05, 4.69) is 102 Å². The maximum Gasteiger partial charge on any atom is 0.0642 e. The lowest BCUT2D eigenvalue weighted by atomic mass is 9.92. The molecule has 0 radical (unpaired) electrons. The van der Waals surface area contributed by atoms with E-state index in [9.17, 15) is 0 Å². The van der Waals surface area contributed by atoms with Gasteiger partial charge in [0.05, 0.1) is 22.8 Å². The van der Waals surface area contributed by atoms with E-state index >= 15 is 0 Å². The first-order valence-corrected chi connectivity index (χ1v) is 19.9. The monoisotopic (exact) mass is 649 g/mol. The van der Waals surface area contributed by atoms with Crippen molar-refractivity contribution in [1.82, 2.24) is 0 Å². The van der Waals surface area contributed by atoms with Gasteiger partial charge in [-0.2, -0.15) is 0 Å². The predicted molar refractivity (Wildman–Crippen MR) is 215 cm³/mol. The zero-order chi connectivity index (χ0) is 34.4. The maximum atomic E-state index is 5.25. The highest BCUT2D eigenvalue weighted by molar-refractivity contribution is 6.42. The smallest absolute Gasteiger partial charge is 0.0642 e. The predicted octanol–water partition coefficient (Wildman–Crippen LogP) is 14.9. The van der Waals surface area contributed by atoms with Gasteiger partial charge >= 0.3 is 0 Å². The van der Waals surface area contributed by atoms with Crippen molar-refractivity contribution in [2.75, 3.05) is 0 Å². The van der Waals surface area contributed by atoms with Gasteiger partial charge in [-0.25, -0.2) is 0 Å². The van der Waals surface area contributed by atoms with Crippen molar-refractivity contribution < 1.29 is 0 Å². The zero-order valence-electron chi connectivity index (χ0n) is 31.8. The number of unbranched alkanes of at least 4 members (excludes halogenated alkanes) is 13. The fourth-order valence-electron chi connectivity index (χ4n) is 6.92. The van der Waals surface area contributed by atoms with E-state index in [1.54, 1.807) is 0 Å². The molecule has 0 amide bonds. The minimum absolute atomic E-state index is 0.864. The molecule has 0 aliphatic rings. The number of benzene rings is 3. The molecule has 0 saturated carbocycles. The van der Waals surface area contributed by atoms with Gasteiger partial charge in [0.25, 0.3) is 0 Å². The molecular weight excluding hydrogens is 581 g/mol. The van der Waals surface area contributed by atoms with E-state index in [1.807, 2.05) is 0 Å². The second-order valence-corrected chi connectivity index (χ2v) is 14.1. The van der Waals surface area contributed by atoms with E-state index in [0.717, 1.165) is 42.1 Å². The minimum Gasteiger partial charge on any atom is -0.252 e. The van der Waals surface area contributed by atoms with Crippen LogP contribution in [0.3, 0.4) is 0 Å². The van der Waals surface area contributed by atoms with Crippen molar-refractivity contribution in [2.24, 2.45) is 9.98 Å². The summed E-state index contributed by atoms with van der Waals surface area (Å²) in [6, 6.07) is 22.5. The van der Waals surface area contributed by atoms with Crippen LogP contribution in [0.4, 0.5) is 11.4 Å². The van der Waals surface area contributed by atoms with E-state index < -0.39 is 0 Å². The van der Waals surface area contributed by atoms with Crippen LogP contribution in [-0.2, 0) is 19.3 Å². The minimum atomic E-state index is 0.864. The van der Waals surface area contributed by atoms with Crippen molar-refractivity contribution in [3.63, 3.8) is 0 Å². The zero-order valence-corrected chi connectivity index (χ0v) is 31.8. The summed E-state index contributed by atoms with van der Waals surface area (Å²) in [5, 5.41) is 0. The number of hydrogen-bond acceptors (Lipinski definition) is 2. The quantitative estimate of drug-likeness (QED) is 0.0682. The van der Waals surface area contributed by atoms with Crippen molar-refractivity contribution in [1.29, 1.82) is 0 Å². The lowest BCUT2D eigenvalue weighted by Crippen LogP contribution is -2.08. The topological polar surface area (TPSA) is 24.7 Å². The summed E-state index contributed by atoms with van der Waals surface area (Å²) in [4.78, 5) is 10.5. The van der Waals surface area contributed by atoms with Gasteiger partial charge in [-0.05, 0) is 116 Å². The van der Waals surface area contributed by atoms with Crippen LogP contribution in [0.25, 0.3) is 11.1 Å². The Morgan fingerprint density at radius 1 is 0.500 bits per heavy atom. The molecular formula is C46H68N2. The summed E-state index contributed by atoms with van der Waals surface area (Å²) in [6.45, 7) is 13.5. The molecule has 2 heteroatoms. The first-order valence-electron chi connectivity index (χ1n) is 19.9. The molecule has 0 saturated heterocycles. The average Bonchev–Trinajstić information content (AvgIpc) is 3.10. The maximum absolute atomic E-state index is 5.25. The van der Waals surface area contributed by atoms with Crippen LogP contribution >= 0.6 is 0 Å². The SMILES string of the molecule is CCCCCCCCc1ccc(N=C(CC)C(C)=Nc2cc(CCCCCCCC)c(C)c(-c3ccccc3)c2)cc1CCCCCC. The Morgan fingerprint density at radius 2 is 1.02 bits per heavy atom. The Morgan fingerprint density at radius 3 is 1.62 bits per heavy atom. The summed E-state index contributed by atoms with van der Waals surface area (Å²) in [7, 11) is 0. The Balaban J connectivity index is 1.86. The first-order chi connectivity index (χ1) is 23.5. The highest BCUT2D eigenvalue weighted by atomic mass is 14.8. The second kappa shape index (κ2) is 23.4. The number of aryl methyl sites for hydroxylation is 3. The average molecular weight is 649 g/mol. The third-order valence-electron chi connectivity index (χ3n) is 9.99. The molecule has 0 fully saturated rings. The number of hydrogen-bond donors (Lipinski definition) is 0. The molecule has 0 bridgehead atoms. The van der Waals surface area contributed by atoms with Crippen molar-refractivity contribution >= 4 is 22.8 Å². The molecule has 0 aliphatic heterocycles.